The van der Waals surface area contributed by atoms with E-state index < -0.39 is 23.5 Å². The van der Waals surface area contributed by atoms with E-state index >= 15 is 0 Å². The van der Waals surface area contributed by atoms with E-state index in [-0.39, 0.29) is 42.2 Å². The Labute approximate surface area is 203 Å². The molecule has 0 radical (unpaired) electrons. The molecule has 1 N–H and O–H groups in total. The van der Waals surface area contributed by atoms with E-state index in [1.807, 2.05) is 0 Å². The van der Waals surface area contributed by atoms with Gasteiger partial charge in [0.2, 0.25) is 11.8 Å². The fourth-order valence-electron chi connectivity index (χ4n) is 3.79. The second-order valence-electron chi connectivity index (χ2n) is 8.33. The van der Waals surface area contributed by atoms with E-state index in [1.165, 1.54) is 25.1 Å². The molecule has 0 bridgehead atoms. The highest BCUT2D eigenvalue weighted by molar-refractivity contribution is 5.76. The summed E-state index contributed by atoms with van der Waals surface area (Å²) in [5.41, 5.74) is -0.879. The van der Waals surface area contributed by atoms with Crippen LogP contribution in [0, 0.1) is 18.6 Å². The van der Waals surface area contributed by atoms with Crippen molar-refractivity contribution in [1.29, 1.82) is 0 Å². The first kappa shape index (κ1) is 25.3. The summed E-state index contributed by atoms with van der Waals surface area (Å²) < 4.78 is 72.8. The molecule has 36 heavy (non-hydrogen) atoms. The van der Waals surface area contributed by atoms with Gasteiger partial charge in [0.15, 0.2) is 5.69 Å². The van der Waals surface area contributed by atoms with E-state index in [0.29, 0.717) is 31.7 Å². The van der Waals surface area contributed by atoms with Crippen LogP contribution in [0.3, 0.4) is 0 Å². The van der Waals surface area contributed by atoms with E-state index in [9.17, 15) is 26.7 Å². The van der Waals surface area contributed by atoms with Gasteiger partial charge in [-0.3, -0.25) is 9.48 Å². The van der Waals surface area contributed by atoms with Crippen LogP contribution in [0.5, 0.6) is 5.88 Å². The molecule has 0 aliphatic carbocycles. The quantitative estimate of drug-likeness (QED) is 0.485. The number of nitrogens with one attached hydrogen (secondary N) is 1. The minimum Gasteiger partial charge on any atom is -0.473 e. The lowest BCUT2D eigenvalue weighted by Gasteiger charge is -2.32. The maximum absolute atomic E-state index is 13.7. The van der Waals surface area contributed by atoms with Gasteiger partial charge in [-0.2, -0.15) is 18.3 Å². The SMILES string of the molecule is Cc1cc(C(F)(F)F)nn1CC(=O)N1CCC(Oc2ccc(NCc3c(F)cccc3F)nn2)CC1. The van der Waals surface area contributed by atoms with Gasteiger partial charge in [0.05, 0.1) is 0 Å². The van der Waals surface area contributed by atoms with Gasteiger partial charge in [0.1, 0.15) is 30.1 Å². The van der Waals surface area contributed by atoms with Crippen molar-refractivity contribution in [1.82, 2.24) is 24.9 Å². The van der Waals surface area contributed by atoms with Crippen LogP contribution in [-0.2, 0) is 24.1 Å². The first-order valence-electron chi connectivity index (χ1n) is 11.2. The number of aryl methyl sites for hydroxylation is 1. The third-order valence-corrected chi connectivity index (χ3v) is 5.79. The van der Waals surface area contributed by atoms with Crippen molar-refractivity contribution in [3.8, 4) is 5.88 Å². The molecular weight excluding hydrogens is 487 g/mol. The molecule has 1 aliphatic rings. The van der Waals surface area contributed by atoms with Gasteiger partial charge in [-0.15, -0.1) is 10.2 Å². The Hall–Kier alpha value is -3.77. The van der Waals surface area contributed by atoms with E-state index in [0.717, 1.165) is 10.7 Å². The Bertz CT molecular complexity index is 1190. The molecule has 1 aromatic carbocycles. The molecule has 8 nitrogen and oxygen atoms in total. The van der Waals surface area contributed by atoms with Crippen molar-refractivity contribution in [2.24, 2.45) is 0 Å². The highest BCUT2D eigenvalue weighted by atomic mass is 19.4. The Kier molecular flexibility index (Phi) is 7.36. The highest BCUT2D eigenvalue weighted by Crippen LogP contribution is 2.28. The molecular formula is C23H23F5N6O2. The number of ether oxygens (including phenoxy) is 1. The van der Waals surface area contributed by atoms with E-state index in [2.05, 4.69) is 20.6 Å². The number of benzene rings is 1. The predicted molar refractivity (Wildman–Crippen MR) is 118 cm³/mol. The zero-order valence-corrected chi connectivity index (χ0v) is 19.2. The number of halogens is 5. The minimum absolute atomic E-state index is 0.102. The molecule has 0 saturated carbocycles. The maximum atomic E-state index is 13.7. The Morgan fingerprint density at radius 2 is 1.81 bits per heavy atom. The normalized spacial score (nSPS) is 14.7. The molecule has 1 saturated heterocycles. The van der Waals surface area contributed by atoms with Gasteiger partial charge >= 0.3 is 6.18 Å². The Balaban J connectivity index is 1.24. The first-order valence-corrected chi connectivity index (χ1v) is 11.2. The third-order valence-electron chi connectivity index (χ3n) is 5.79. The molecule has 1 fully saturated rings. The third kappa shape index (κ3) is 6.07. The molecule has 192 valence electrons. The van der Waals surface area contributed by atoms with Crippen LogP contribution in [0.1, 0.15) is 29.8 Å². The Morgan fingerprint density at radius 1 is 1.11 bits per heavy atom. The van der Waals surface area contributed by atoms with Crippen LogP contribution in [-0.4, -0.2) is 50.0 Å². The number of piperidine rings is 1. The van der Waals surface area contributed by atoms with Crippen LogP contribution in [0.15, 0.2) is 36.4 Å². The number of carbonyl (C=O) groups excluding carboxylic acids is 1. The van der Waals surface area contributed by atoms with Crippen molar-refractivity contribution < 1.29 is 31.5 Å². The summed E-state index contributed by atoms with van der Waals surface area (Å²) in [6.07, 6.45) is -3.78. The summed E-state index contributed by atoms with van der Waals surface area (Å²) in [4.78, 5) is 14.1. The number of rotatable bonds is 7. The molecule has 4 rings (SSSR count). The standard InChI is InChI=1S/C23H23F5N6O2/c1-14-11-19(23(26,27)28)32-34(14)13-22(35)33-9-7-15(8-10-33)36-21-6-5-20(30-31-21)29-12-16-17(24)3-2-4-18(16)25/h2-6,11,15H,7-10,12-13H2,1H3,(H,29,30). The van der Waals surface area contributed by atoms with Gasteiger partial charge < -0.3 is 15.0 Å². The summed E-state index contributed by atoms with van der Waals surface area (Å²) >= 11 is 0. The average Bonchev–Trinajstić information content (AvgIpc) is 3.21. The second-order valence-corrected chi connectivity index (χ2v) is 8.33. The number of hydrogen-bond donors (Lipinski definition) is 1. The van der Waals surface area contributed by atoms with E-state index in [1.54, 1.807) is 17.0 Å². The van der Waals surface area contributed by atoms with Crippen LogP contribution in [0.4, 0.5) is 27.8 Å². The predicted octanol–water partition coefficient (Wildman–Crippen LogP) is 3.96. The smallest absolute Gasteiger partial charge is 0.435 e. The monoisotopic (exact) mass is 510 g/mol. The van der Waals surface area contributed by atoms with Crippen LogP contribution in [0.2, 0.25) is 0 Å². The molecule has 1 amide bonds. The van der Waals surface area contributed by atoms with Gasteiger partial charge in [-0.25, -0.2) is 8.78 Å². The van der Waals surface area contributed by atoms with Gasteiger partial charge in [0, 0.05) is 49.8 Å². The fourth-order valence-corrected chi connectivity index (χ4v) is 3.79. The Morgan fingerprint density at radius 3 is 2.39 bits per heavy atom. The molecule has 3 heterocycles. The summed E-state index contributed by atoms with van der Waals surface area (Å²) in [5.74, 6) is -1.07. The molecule has 0 atom stereocenters. The second kappa shape index (κ2) is 10.5. The number of anilines is 1. The number of alkyl halides is 3. The van der Waals surface area contributed by atoms with Gasteiger partial charge in [0.25, 0.3) is 0 Å². The van der Waals surface area contributed by atoms with Crippen molar-refractivity contribution in [3.63, 3.8) is 0 Å². The van der Waals surface area contributed by atoms with Crippen molar-refractivity contribution >= 4 is 11.7 Å². The zero-order valence-electron chi connectivity index (χ0n) is 19.2. The van der Waals surface area contributed by atoms with Crippen LogP contribution < -0.4 is 10.1 Å². The lowest BCUT2D eigenvalue weighted by molar-refractivity contribution is -0.142. The lowest BCUT2D eigenvalue weighted by Crippen LogP contribution is -2.43. The van der Waals surface area contributed by atoms with Gasteiger partial charge in [-0.1, -0.05) is 6.07 Å². The molecule has 3 aromatic rings. The topological polar surface area (TPSA) is 85.2 Å². The molecule has 0 unspecified atom stereocenters. The zero-order chi connectivity index (χ0) is 25.9. The number of likely N-dealkylation sites (tertiary alicyclic amines) is 1. The lowest BCUT2D eigenvalue weighted by atomic mass is 10.1. The van der Waals surface area contributed by atoms with Crippen LogP contribution >= 0.6 is 0 Å². The number of hydrogen-bond acceptors (Lipinski definition) is 6. The highest BCUT2D eigenvalue weighted by Gasteiger charge is 2.35. The maximum Gasteiger partial charge on any atom is 0.435 e. The summed E-state index contributed by atoms with van der Waals surface area (Å²) in [7, 11) is 0. The fraction of sp³-hybridized carbons (Fsp3) is 0.391. The van der Waals surface area contributed by atoms with E-state index in [4.69, 9.17) is 4.74 Å². The first-order chi connectivity index (χ1) is 17.1. The van der Waals surface area contributed by atoms with Crippen molar-refractivity contribution in [3.05, 3.63) is 65.0 Å². The average molecular weight is 510 g/mol. The summed E-state index contributed by atoms with van der Waals surface area (Å²) in [5, 5.41) is 14.2. The van der Waals surface area contributed by atoms with Crippen LogP contribution in [0.25, 0.3) is 0 Å². The van der Waals surface area contributed by atoms with Crippen molar-refractivity contribution in [2.45, 2.75) is 45.1 Å². The molecule has 0 spiro atoms. The largest absolute Gasteiger partial charge is 0.473 e. The van der Waals surface area contributed by atoms with Crippen molar-refractivity contribution in [2.75, 3.05) is 18.4 Å². The number of aromatic nitrogens is 4. The van der Waals surface area contributed by atoms with Gasteiger partial charge in [-0.05, 0) is 31.2 Å². The molecule has 1 aliphatic heterocycles. The summed E-state index contributed by atoms with van der Waals surface area (Å²) in [6.45, 7) is 1.84. The number of nitrogens with zero attached hydrogens (tertiary/aromatic N) is 5. The number of carbonyl (C=O) groups is 1. The molecule has 13 heteroatoms. The minimum atomic E-state index is -4.57. The summed E-state index contributed by atoms with van der Waals surface area (Å²) in [6, 6.07) is 7.68. The molecule has 2 aromatic heterocycles. The number of amides is 1.